The van der Waals surface area contributed by atoms with Crippen LogP contribution in [0.4, 0.5) is 5.69 Å². The van der Waals surface area contributed by atoms with Crippen molar-refractivity contribution < 1.29 is 4.79 Å². The van der Waals surface area contributed by atoms with E-state index < -0.39 is 0 Å². The van der Waals surface area contributed by atoms with E-state index in [1.54, 1.807) is 0 Å². The Hall–Kier alpha value is -1.35. The monoisotopic (exact) mass is 258 g/mol. The number of anilines is 1. The van der Waals surface area contributed by atoms with Gasteiger partial charge in [0.1, 0.15) is 0 Å². The van der Waals surface area contributed by atoms with Crippen molar-refractivity contribution in [3.8, 4) is 0 Å². The lowest BCUT2D eigenvalue weighted by Crippen LogP contribution is -2.20. The molecule has 0 heterocycles. The van der Waals surface area contributed by atoms with Crippen LogP contribution in [0, 0.1) is 17.8 Å². The SMILES string of the molecule is CNC(C)c1ccccc1NC(=O)C1C2CCCC21. The number of hydrogen-bond donors (Lipinski definition) is 2. The van der Waals surface area contributed by atoms with E-state index >= 15 is 0 Å². The van der Waals surface area contributed by atoms with E-state index in [4.69, 9.17) is 0 Å². The quantitative estimate of drug-likeness (QED) is 0.871. The van der Waals surface area contributed by atoms with Gasteiger partial charge in [0.2, 0.25) is 5.91 Å². The number of para-hydroxylation sites is 1. The van der Waals surface area contributed by atoms with E-state index in [0.717, 1.165) is 11.3 Å². The van der Waals surface area contributed by atoms with Crippen molar-refractivity contribution in [2.45, 2.75) is 32.2 Å². The van der Waals surface area contributed by atoms with Crippen molar-refractivity contribution in [3.63, 3.8) is 0 Å². The number of fused-ring (bicyclic) bond motifs is 1. The van der Waals surface area contributed by atoms with Crippen molar-refractivity contribution in [1.29, 1.82) is 0 Å². The minimum atomic E-state index is 0.227. The summed E-state index contributed by atoms with van der Waals surface area (Å²) in [7, 11) is 1.94. The highest BCUT2D eigenvalue weighted by Gasteiger charge is 2.56. The second-order valence-corrected chi connectivity index (χ2v) is 5.87. The Bertz CT molecular complexity index is 475. The topological polar surface area (TPSA) is 41.1 Å². The first-order chi connectivity index (χ1) is 9.22. The molecule has 3 atom stereocenters. The predicted octanol–water partition coefficient (Wildman–Crippen LogP) is 2.95. The van der Waals surface area contributed by atoms with Crippen molar-refractivity contribution in [2.24, 2.45) is 17.8 Å². The highest BCUT2D eigenvalue weighted by molar-refractivity contribution is 5.95. The normalized spacial score (nSPS) is 29.7. The molecule has 1 aromatic carbocycles. The molecule has 0 radical (unpaired) electrons. The Kier molecular flexibility index (Phi) is 3.31. The number of benzene rings is 1. The molecule has 2 fully saturated rings. The Morgan fingerprint density at radius 3 is 2.63 bits per heavy atom. The van der Waals surface area contributed by atoms with Gasteiger partial charge >= 0.3 is 0 Å². The van der Waals surface area contributed by atoms with Gasteiger partial charge in [0.25, 0.3) is 0 Å². The summed E-state index contributed by atoms with van der Waals surface area (Å²) >= 11 is 0. The largest absolute Gasteiger partial charge is 0.326 e. The summed E-state index contributed by atoms with van der Waals surface area (Å²) in [6.07, 6.45) is 3.81. The summed E-state index contributed by atoms with van der Waals surface area (Å²) in [4.78, 5) is 12.3. The summed E-state index contributed by atoms with van der Waals surface area (Å²) in [5.74, 6) is 1.86. The van der Waals surface area contributed by atoms with Gasteiger partial charge in [-0.2, -0.15) is 0 Å². The van der Waals surface area contributed by atoms with E-state index in [2.05, 4.69) is 23.6 Å². The predicted molar refractivity (Wildman–Crippen MR) is 76.9 cm³/mol. The van der Waals surface area contributed by atoms with Crippen LogP contribution in [-0.2, 0) is 4.79 Å². The summed E-state index contributed by atoms with van der Waals surface area (Å²) in [6.45, 7) is 2.11. The zero-order valence-electron chi connectivity index (χ0n) is 11.6. The van der Waals surface area contributed by atoms with Crippen molar-refractivity contribution in [1.82, 2.24) is 5.32 Å². The summed E-state index contributed by atoms with van der Waals surface area (Å²) in [5, 5.41) is 6.37. The molecule has 2 aliphatic carbocycles. The fourth-order valence-electron chi connectivity index (χ4n) is 3.57. The molecule has 3 heteroatoms. The van der Waals surface area contributed by atoms with Crippen LogP contribution in [0.5, 0.6) is 0 Å². The van der Waals surface area contributed by atoms with Crippen LogP contribution in [0.25, 0.3) is 0 Å². The molecule has 0 aromatic heterocycles. The van der Waals surface area contributed by atoms with Gasteiger partial charge in [0.15, 0.2) is 0 Å². The lowest BCUT2D eigenvalue weighted by Gasteiger charge is -2.16. The zero-order chi connectivity index (χ0) is 13.4. The van der Waals surface area contributed by atoms with E-state index in [1.807, 2.05) is 25.2 Å². The molecule has 3 rings (SSSR count). The Labute approximate surface area is 114 Å². The lowest BCUT2D eigenvalue weighted by atomic mass is 10.1. The summed E-state index contributed by atoms with van der Waals surface area (Å²) in [6, 6.07) is 8.32. The van der Waals surface area contributed by atoms with Gasteiger partial charge in [-0.1, -0.05) is 24.6 Å². The van der Waals surface area contributed by atoms with E-state index in [1.165, 1.54) is 19.3 Å². The number of carbonyl (C=O) groups is 1. The molecule has 102 valence electrons. The van der Waals surface area contributed by atoms with Gasteiger partial charge < -0.3 is 10.6 Å². The minimum Gasteiger partial charge on any atom is -0.326 e. The molecule has 2 aliphatic rings. The molecule has 2 saturated carbocycles. The van der Waals surface area contributed by atoms with Gasteiger partial charge in [0.05, 0.1) is 0 Å². The van der Waals surface area contributed by atoms with E-state index in [-0.39, 0.29) is 17.9 Å². The molecular weight excluding hydrogens is 236 g/mol. The van der Waals surface area contributed by atoms with Crippen LogP contribution in [0.3, 0.4) is 0 Å². The Morgan fingerprint density at radius 2 is 1.95 bits per heavy atom. The van der Waals surface area contributed by atoms with Crippen molar-refractivity contribution in [2.75, 3.05) is 12.4 Å². The molecule has 0 spiro atoms. The molecule has 0 saturated heterocycles. The molecule has 1 amide bonds. The molecular formula is C16H22N2O. The summed E-state index contributed by atoms with van der Waals surface area (Å²) in [5.41, 5.74) is 2.11. The molecule has 0 bridgehead atoms. The van der Waals surface area contributed by atoms with Crippen LogP contribution in [0.1, 0.15) is 37.8 Å². The molecule has 3 unspecified atom stereocenters. The number of rotatable bonds is 4. The number of amides is 1. The first kappa shape index (κ1) is 12.7. The number of nitrogens with one attached hydrogen (secondary N) is 2. The third-order valence-electron chi connectivity index (χ3n) is 4.83. The third kappa shape index (κ3) is 2.27. The van der Waals surface area contributed by atoms with Gasteiger partial charge in [-0.25, -0.2) is 0 Å². The van der Waals surface area contributed by atoms with Crippen LogP contribution in [0.2, 0.25) is 0 Å². The van der Waals surface area contributed by atoms with Crippen LogP contribution in [0.15, 0.2) is 24.3 Å². The second kappa shape index (κ2) is 4.97. The first-order valence-electron chi connectivity index (χ1n) is 7.29. The zero-order valence-corrected chi connectivity index (χ0v) is 11.6. The van der Waals surface area contributed by atoms with Crippen LogP contribution < -0.4 is 10.6 Å². The lowest BCUT2D eigenvalue weighted by molar-refractivity contribution is -0.118. The van der Waals surface area contributed by atoms with Crippen molar-refractivity contribution >= 4 is 11.6 Å². The Morgan fingerprint density at radius 1 is 1.26 bits per heavy atom. The number of hydrogen-bond acceptors (Lipinski definition) is 2. The van der Waals surface area contributed by atoms with E-state index in [0.29, 0.717) is 11.8 Å². The highest BCUT2D eigenvalue weighted by Crippen LogP contribution is 2.57. The Balaban J connectivity index is 1.71. The summed E-state index contributed by atoms with van der Waals surface area (Å²) < 4.78 is 0. The standard InChI is InChI=1S/C16H22N2O/c1-10(17-2)11-6-3-4-9-14(11)18-16(19)15-12-7-5-8-13(12)15/h3-4,6,9-10,12-13,15,17H,5,7-8H2,1-2H3,(H,18,19). The smallest absolute Gasteiger partial charge is 0.228 e. The van der Waals surface area contributed by atoms with E-state index in [9.17, 15) is 4.79 Å². The molecule has 1 aromatic rings. The molecule has 3 nitrogen and oxygen atoms in total. The second-order valence-electron chi connectivity index (χ2n) is 5.87. The maximum absolute atomic E-state index is 12.3. The average molecular weight is 258 g/mol. The fraction of sp³-hybridized carbons (Fsp3) is 0.562. The first-order valence-corrected chi connectivity index (χ1v) is 7.29. The van der Waals surface area contributed by atoms with Crippen LogP contribution >= 0.6 is 0 Å². The minimum absolute atomic E-state index is 0.227. The third-order valence-corrected chi connectivity index (χ3v) is 4.83. The maximum Gasteiger partial charge on any atom is 0.228 e. The maximum atomic E-state index is 12.3. The molecule has 0 aliphatic heterocycles. The molecule has 2 N–H and O–H groups in total. The van der Waals surface area contributed by atoms with Gasteiger partial charge in [-0.05, 0) is 50.3 Å². The van der Waals surface area contributed by atoms with Crippen molar-refractivity contribution in [3.05, 3.63) is 29.8 Å². The number of carbonyl (C=O) groups excluding carboxylic acids is 1. The molecule has 19 heavy (non-hydrogen) atoms. The average Bonchev–Trinajstić information content (AvgIpc) is 2.92. The van der Waals surface area contributed by atoms with Gasteiger partial charge in [-0.3, -0.25) is 4.79 Å². The highest BCUT2D eigenvalue weighted by atomic mass is 16.2. The van der Waals surface area contributed by atoms with Crippen LogP contribution in [-0.4, -0.2) is 13.0 Å². The van der Waals surface area contributed by atoms with Gasteiger partial charge in [0, 0.05) is 17.6 Å². The fourth-order valence-corrected chi connectivity index (χ4v) is 3.57. The van der Waals surface area contributed by atoms with Gasteiger partial charge in [-0.15, -0.1) is 0 Å².